The van der Waals surface area contributed by atoms with E-state index >= 15 is 0 Å². The van der Waals surface area contributed by atoms with Crippen molar-refractivity contribution in [2.24, 2.45) is 11.7 Å². The van der Waals surface area contributed by atoms with Gasteiger partial charge in [-0.3, -0.25) is 14.5 Å². The molecule has 0 bridgehead atoms. The number of methoxy groups -OCH3 is 1. The molecule has 1 saturated carbocycles. The zero-order valence-electron chi connectivity index (χ0n) is 18.3. The summed E-state index contributed by atoms with van der Waals surface area (Å²) >= 11 is 0. The molecule has 1 aliphatic carbocycles. The quantitative estimate of drug-likeness (QED) is 0.750. The van der Waals surface area contributed by atoms with Crippen LogP contribution < -0.4 is 20.9 Å². The van der Waals surface area contributed by atoms with Crippen molar-refractivity contribution < 1.29 is 19.1 Å². The first-order valence-corrected chi connectivity index (χ1v) is 10.9. The van der Waals surface area contributed by atoms with E-state index < -0.39 is 6.09 Å². The number of hydrogen-bond acceptors (Lipinski definition) is 5. The highest BCUT2D eigenvalue weighted by molar-refractivity contribution is 6.05. The number of rotatable bonds is 5. The first-order chi connectivity index (χ1) is 15.4. The van der Waals surface area contributed by atoms with Crippen molar-refractivity contribution in [2.75, 3.05) is 36.5 Å². The molecule has 3 N–H and O–H groups in total. The Balaban J connectivity index is 1.69. The Morgan fingerprint density at radius 2 is 1.75 bits per heavy atom. The lowest BCUT2D eigenvalue weighted by Crippen LogP contribution is -2.52. The third kappa shape index (κ3) is 4.18. The first kappa shape index (κ1) is 21.8. The van der Waals surface area contributed by atoms with E-state index in [-0.39, 0.29) is 23.8 Å². The van der Waals surface area contributed by atoms with E-state index in [0.29, 0.717) is 36.6 Å². The minimum atomic E-state index is -0.446. The minimum absolute atomic E-state index is 0.0645. The third-order valence-corrected chi connectivity index (χ3v) is 5.89. The van der Waals surface area contributed by atoms with E-state index in [4.69, 9.17) is 10.5 Å². The van der Waals surface area contributed by atoms with Gasteiger partial charge in [0.2, 0.25) is 5.91 Å². The Kier molecular flexibility index (Phi) is 6.14. The number of nitrogens with one attached hydrogen (secondary N) is 1. The Morgan fingerprint density at radius 3 is 2.38 bits per heavy atom. The predicted octanol–water partition coefficient (Wildman–Crippen LogP) is 2.76. The van der Waals surface area contributed by atoms with Crippen LogP contribution in [0.4, 0.5) is 16.2 Å². The van der Waals surface area contributed by atoms with Crippen LogP contribution >= 0.6 is 0 Å². The van der Waals surface area contributed by atoms with Crippen molar-refractivity contribution in [3.8, 4) is 11.1 Å². The molecule has 32 heavy (non-hydrogen) atoms. The molecule has 4 rings (SSSR count). The molecule has 2 aliphatic rings. The SMILES string of the molecule is COC(=O)N1c2ccc(-c3ccc(C(=O)NCCN)cc3)cc2N(C(=O)C2CC2)C[C@@H]1C. The molecular weight excluding hydrogens is 408 g/mol. The standard InChI is InChI=1S/C24H28N4O4/c1-15-14-27(23(30)18-7-8-18)21-13-19(9-10-20(21)28(15)24(31)32-2)16-3-5-17(6-4-16)22(29)26-12-11-25/h3-6,9-10,13,15,18H,7-8,11-12,14,25H2,1-2H3,(H,26,29)/t15-/m0/s1. The summed E-state index contributed by atoms with van der Waals surface area (Å²) in [4.78, 5) is 41.0. The van der Waals surface area contributed by atoms with Crippen LogP contribution in [0.3, 0.4) is 0 Å². The van der Waals surface area contributed by atoms with Crippen molar-refractivity contribution in [3.05, 3.63) is 48.0 Å². The molecule has 0 spiro atoms. The maximum atomic E-state index is 13.0. The van der Waals surface area contributed by atoms with Crippen molar-refractivity contribution in [1.29, 1.82) is 0 Å². The van der Waals surface area contributed by atoms with Gasteiger partial charge in [0.05, 0.1) is 24.5 Å². The summed E-state index contributed by atoms with van der Waals surface area (Å²) in [6.45, 7) is 3.14. The molecule has 1 aliphatic heterocycles. The summed E-state index contributed by atoms with van der Waals surface area (Å²) in [6, 6.07) is 12.8. The lowest BCUT2D eigenvalue weighted by molar-refractivity contribution is -0.119. The minimum Gasteiger partial charge on any atom is -0.452 e. The van der Waals surface area contributed by atoms with E-state index in [1.807, 2.05) is 37.3 Å². The van der Waals surface area contributed by atoms with Gasteiger partial charge in [-0.1, -0.05) is 18.2 Å². The largest absolute Gasteiger partial charge is 0.452 e. The second-order valence-corrected chi connectivity index (χ2v) is 8.24. The van der Waals surface area contributed by atoms with Crippen molar-refractivity contribution in [3.63, 3.8) is 0 Å². The number of nitrogens with zero attached hydrogens (tertiary/aromatic N) is 2. The molecule has 1 fully saturated rings. The summed E-state index contributed by atoms with van der Waals surface area (Å²) in [6.07, 6.45) is 1.37. The molecule has 8 heteroatoms. The predicted molar refractivity (Wildman–Crippen MR) is 123 cm³/mol. The molecule has 2 aromatic carbocycles. The maximum absolute atomic E-state index is 13.0. The number of anilines is 2. The highest BCUT2D eigenvalue weighted by Gasteiger charge is 2.40. The topological polar surface area (TPSA) is 105 Å². The number of hydrogen-bond donors (Lipinski definition) is 2. The summed E-state index contributed by atoms with van der Waals surface area (Å²) in [5.74, 6) is -0.00209. The fourth-order valence-electron chi connectivity index (χ4n) is 4.04. The lowest BCUT2D eigenvalue weighted by Gasteiger charge is -2.40. The Hall–Kier alpha value is -3.39. The number of amides is 3. The molecular formula is C24H28N4O4. The molecule has 3 amide bonds. The second-order valence-electron chi connectivity index (χ2n) is 8.24. The zero-order chi connectivity index (χ0) is 22.8. The van der Waals surface area contributed by atoms with Gasteiger partial charge < -0.3 is 20.7 Å². The van der Waals surface area contributed by atoms with Gasteiger partial charge in [-0.15, -0.1) is 0 Å². The van der Waals surface area contributed by atoms with E-state index in [1.165, 1.54) is 7.11 Å². The van der Waals surface area contributed by atoms with Crippen molar-refractivity contribution in [1.82, 2.24) is 5.32 Å². The molecule has 0 saturated heterocycles. The van der Waals surface area contributed by atoms with Gasteiger partial charge >= 0.3 is 6.09 Å². The summed E-state index contributed by atoms with van der Waals surface area (Å²) in [7, 11) is 1.36. The fourth-order valence-corrected chi connectivity index (χ4v) is 4.04. The Bertz CT molecular complexity index is 1030. The number of carbonyl (C=O) groups excluding carboxylic acids is 3. The smallest absolute Gasteiger partial charge is 0.414 e. The molecule has 168 valence electrons. The monoisotopic (exact) mass is 436 g/mol. The average Bonchev–Trinajstić information content (AvgIpc) is 3.66. The summed E-state index contributed by atoms with van der Waals surface area (Å²) in [5, 5.41) is 2.75. The van der Waals surface area contributed by atoms with Gasteiger partial charge in [0, 0.05) is 31.1 Å². The van der Waals surface area contributed by atoms with Crippen LogP contribution in [-0.4, -0.2) is 50.7 Å². The fraction of sp³-hybridized carbons (Fsp3) is 0.375. The highest BCUT2D eigenvalue weighted by Crippen LogP contribution is 2.42. The van der Waals surface area contributed by atoms with E-state index in [2.05, 4.69) is 5.32 Å². The van der Waals surface area contributed by atoms with Gasteiger partial charge in [0.15, 0.2) is 0 Å². The Labute approximate surface area is 187 Å². The number of ether oxygens (including phenoxy) is 1. The lowest BCUT2D eigenvalue weighted by atomic mass is 9.99. The van der Waals surface area contributed by atoms with Crippen LogP contribution in [0.15, 0.2) is 42.5 Å². The second kappa shape index (κ2) is 9.00. The Morgan fingerprint density at radius 1 is 1.06 bits per heavy atom. The number of nitrogens with two attached hydrogens (primary N) is 1. The molecule has 1 heterocycles. The molecule has 0 aromatic heterocycles. The number of carbonyl (C=O) groups is 3. The van der Waals surface area contributed by atoms with Gasteiger partial charge in [-0.25, -0.2) is 4.79 Å². The number of fused-ring (bicyclic) bond motifs is 1. The van der Waals surface area contributed by atoms with Crippen LogP contribution in [0.1, 0.15) is 30.1 Å². The molecule has 1 atom stereocenters. The molecule has 0 radical (unpaired) electrons. The van der Waals surface area contributed by atoms with Crippen molar-refractivity contribution >= 4 is 29.3 Å². The average molecular weight is 437 g/mol. The van der Waals surface area contributed by atoms with Gasteiger partial charge in [0.1, 0.15) is 0 Å². The highest BCUT2D eigenvalue weighted by atomic mass is 16.5. The van der Waals surface area contributed by atoms with E-state index in [9.17, 15) is 14.4 Å². The van der Waals surface area contributed by atoms with Gasteiger partial charge in [-0.2, -0.15) is 0 Å². The van der Waals surface area contributed by atoms with Crippen LogP contribution in [0.2, 0.25) is 0 Å². The summed E-state index contributed by atoms with van der Waals surface area (Å²) < 4.78 is 4.99. The maximum Gasteiger partial charge on any atom is 0.414 e. The van der Waals surface area contributed by atoms with E-state index in [1.54, 1.807) is 21.9 Å². The van der Waals surface area contributed by atoms with Gasteiger partial charge in [0.25, 0.3) is 5.91 Å². The molecule has 2 aromatic rings. The van der Waals surface area contributed by atoms with E-state index in [0.717, 1.165) is 24.0 Å². The summed E-state index contributed by atoms with van der Waals surface area (Å²) in [5.41, 5.74) is 9.15. The van der Waals surface area contributed by atoms with Crippen LogP contribution in [0, 0.1) is 5.92 Å². The van der Waals surface area contributed by atoms with Crippen LogP contribution in [-0.2, 0) is 9.53 Å². The van der Waals surface area contributed by atoms with Crippen LogP contribution in [0.5, 0.6) is 0 Å². The number of benzene rings is 2. The van der Waals surface area contributed by atoms with Gasteiger partial charge in [-0.05, 0) is 55.2 Å². The van der Waals surface area contributed by atoms with Crippen LogP contribution in [0.25, 0.3) is 11.1 Å². The van der Waals surface area contributed by atoms with Crippen molar-refractivity contribution in [2.45, 2.75) is 25.8 Å². The molecule has 8 nitrogen and oxygen atoms in total. The normalized spacial score (nSPS) is 17.5. The third-order valence-electron chi connectivity index (χ3n) is 5.89. The first-order valence-electron chi connectivity index (χ1n) is 10.9. The molecule has 0 unspecified atom stereocenters. The zero-order valence-corrected chi connectivity index (χ0v) is 18.3.